The first-order valence-electron chi connectivity index (χ1n) is 8.51. The molecular weight excluding hydrogens is 284 g/mol. The van der Waals surface area contributed by atoms with Crippen molar-refractivity contribution in [2.45, 2.75) is 63.9 Å². The summed E-state index contributed by atoms with van der Waals surface area (Å²) in [5.74, 6) is 0. The van der Waals surface area contributed by atoms with Crippen LogP contribution in [0.15, 0.2) is 0 Å². The van der Waals surface area contributed by atoms with E-state index in [9.17, 15) is 20.1 Å². The molecule has 0 radical (unpaired) electrons. The Kier molecular flexibility index (Phi) is 9.12. The second-order valence-electron chi connectivity index (χ2n) is 6.22. The predicted octanol–water partition coefficient (Wildman–Crippen LogP) is -0.146. The van der Waals surface area contributed by atoms with Gasteiger partial charge in [0.1, 0.15) is 18.5 Å². The van der Waals surface area contributed by atoms with Crippen molar-refractivity contribution in [3.63, 3.8) is 0 Å². The lowest BCUT2D eigenvalue weighted by Gasteiger charge is -2.42. The number of aldehydes is 1. The van der Waals surface area contributed by atoms with Crippen LogP contribution in [0.5, 0.6) is 0 Å². The molecule has 6 heteroatoms. The summed E-state index contributed by atoms with van der Waals surface area (Å²) in [5, 5.41) is 29.4. The van der Waals surface area contributed by atoms with E-state index in [2.05, 4.69) is 18.7 Å². The van der Waals surface area contributed by atoms with Crippen LogP contribution in [0.3, 0.4) is 0 Å². The maximum Gasteiger partial charge on any atom is 0.139 e. The number of aliphatic hydroxyl groups excluding tert-OH is 3. The van der Waals surface area contributed by atoms with Gasteiger partial charge in [0.2, 0.25) is 0 Å². The van der Waals surface area contributed by atoms with E-state index in [1.54, 1.807) is 4.90 Å². The lowest BCUT2D eigenvalue weighted by Crippen LogP contribution is -2.62. The van der Waals surface area contributed by atoms with E-state index >= 15 is 0 Å². The Morgan fingerprint density at radius 3 is 2.14 bits per heavy atom. The van der Waals surface area contributed by atoms with Gasteiger partial charge in [-0.2, -0.15) is 0 Å². The topological polar surface area (TPSA) is 84.2 Å². The quantitative estimate of drug-likeness (QED) is 0.486. The van der Waals surface area contributed by atoms with E-state index in [1.807, 2.05) is 0 Å². The molecule has 22 heavy (non-hydrogen) atoms. The predicted molar refractivity (Wildman–Crippen MR) is 85.7 cm³/mol. The first-order valence-corrected chi connectivity index (χ1v) is 8.51. The molecule has 1 heterocycles. The van der Waals surface area contributed by atoms with Crippen LogP contribution in [-0.4, -0.2) is 88.5 Å². The Morgan fingerprint density at radius 2 is 1.64 bits per heavy atom. The number of carbonyl (C=O) groups excluding carboxylic acids is 1. The van der Waals surface area contributed by atoms with Crippen LogP contribution in [0.25, 0.3) is 0 Å². The second-order valence-corrected chi connectivity index (χ2v) is 6.22. The van der Waals surface area contributed by atoms with Gasteiger partial charge in [-0.3, -0.25) is 4.90 Å². The molecule has 1 rings (SSSR count). The molecule has 0 amide bonds. The zero-order chi connectivity index (χ0) is 16.5. The van der Waals surface area contributed by atoms with Crippen LogP contribution >= 0.6 is 0 Å². The average Bonchev–Trinajstić information content (AvgIpc) is 2.52. The highest BCUT2D eigenvalue weighted by Crippen LogP contribution is 2.17. The largest absolute Gasteiger partial charge is 0.389 e. The molecule has 0 aliphatic carbocycles. The van der Waals surface area contributed by atoms with Crippen LogP contribution in [0.2, 0.25) is 0 Å². The zero-order valence-corrected chi connectivity index (χ0v) is 13.9. The standard InChI is InChI=1S/C16H32N2O4/c1-3-5-7-17(8-6-4-2)9-10-18-11-14(20)16(22)15(21)13(18)12-19/h12-16,20-22H,3-11H2,1-2H3. The van der Waals surface area contributed by atoms with E-state index in [4.69, 9.17) is 0 Å². The lowest BCUT2D eigenvalue weighted by molar-refractivity contribution is -0.147. The normalized spacial score (nSPS) is 29.9. The number of likely N-dealkylation sites (tertiary alicyclic amines) is 1. The molecule has 0 saturated carbocycles. The fourth-order valence-corrected chi connectivity index (χ4v) is 2.89. The monoisotopic (exact) mass is 316 g/mol. The highest BCUT2D eigenvalue weighted by molar-refractivity contribution is 5.59. The molecule has 4 unspecified atom stereocenters. The molecule has 0 spiro atoms. The van der Waals surface area contributed by atoms with Gasteiger partial charge >= 0.3 is 0 Å². The number of hydrogen-bond acceptors (Lipinski definition) is 6. The molecule has 1 aliphatic rings. The van der Waals surface area contributed by atoms with Crippen molar-refractivity contribution >= 4 is 6.29 Å². The van der Waals surface area contributed by atoms with Crippen molar-refractivity contribution in [2.24, 2.45) is 0 Å². The number of aliphatic hydroxyl groups is 3. The SMILES string of the molecule is CCCCN(CCCC)CCN1CC(O)C(O)C(O)C1C=O. The molecule has 1 saturated heterocycles. The number of nitrogens with zero attached hydrogens (tertiary/aromatic N) is 2. The molecule has 0 aromatic heterocycles. The van der Waals surface area contributed by atoms with Crippen LogP contribution in [0, 0.1) is 0 Å². The minimum Gasteiger partial charge on any atom is -0.389 e. The minimum atomic E-state index is -1.25. The summed E-state index contributed by atoms with van der Waals surface area (Å²) in [6.45, 7) is 8.03. The number of carbonyl (C=O) groups is 1. The molecule has 3 N–H and O–H groups in total. The van der Waals surface area contributed by atoms with Crippen LogP contribution in [-0.2, 0) is 4.79 Å². The maximum absolute atomic E-state index is 11.2. The molecule has 130 valence electrons. The van der Waals surface area contributed by atoms with Crippen molar-refractivity contribution in [1.82, 2.24) is 9.80 Å². The number of hydrogen-bond donors (Lipinski definition) is 3. The summed E-state index contributed by atoms with van der Waals surface area (Å²) in [4.78, 5) is 15.4. The Balaban J connectivity index is 2.55. The van der Waals surface area contributed by atoms with Crippen molar-refractivity contribution in [3.05, 3.63) is 0 Å². The summed E-state index contributed by atoms with van der Waals surface area (Å²) in [6.07, 6.45) is 1.77. The third-order valence-corrected chi connectivity index (χ3v) is 4.44. The highest BCUT2D eigenvalue weighted by atomic mass is 16.4. The highest BCUT2D eigenvalue weighted by Gasteiger charge is 2.41. The molecule has 1 aliphatic heterocycles. The van der Waals surface area contributed by atoms with Gasteiger partial charge < -0.3 is 25.0 Å². The third kappa shape index (κ3) is 5.59. The summed E-state index contributed by atoms with van der Waals surface area (Å²) in [6, 6.07) is -0.738. The smallest absolute Gasteiger partial charge is 0.139 e. The van der Waals surface area contributed by atoms with Crippen molar-refractivity contribution in [2.75, 3.05) is 32.7 Å². The zero-order valence-electron chi connectivity index (χ0n) is 13.9. The molecule has 0 bridgehead atoms. The van der Waals surface area contributed by atoms with E-state index in [-0.39, 0.29) is 6.54 Å². The van der Waals surface area contributed by atoms with E-state index in [0.717, 1.165) is 45.3 Å². The van der Waals surface area contributed by atoms with Gasteiger partial charge in [0.25, 0.3) is 0 Å². The van der Waals surface area contributed by atoms with Crippen LogP contribution in [0.1, 0.15) is 39.5 Å². The first-order chi connectivity index (χ1) is 10.5. The Labute approximate surface area is 133 Å². The van der Waals surface area contributed by atoms with E-state index < -0.39 is 24.4 Å². The molecule has 1 fully saturated rings. The van der Waals surface area contributed by atoms with Crippen LogP contribution in [0.4, 0.5) is 0 Å². The average molecular weight is 316 g/mol. The first kappa shape index (κ1) is 19.5. The lowest BCUT2D eigenvalue weighted by atomic mass is 9.94. The molecule has 0 aromatic carbocycles. The van der Waals surface area contributed by atoms with Gasteiger partial charge in [-0.05, 0) is 25.9 Å². The minimum absolute atomic E-state index is 0.219. The summed E-state index contributed by atoms with van der Waals surface area (Å²) in [7, 11) is 0. The maximum atomic E-state index is 11.2. The molecular formula is C16H32N2O4. The Hall–Kier alpha value is -0.530. The van der Waals surface area contributed by atoms with Gasteiger partial charge in [0.05, 0.1) is 12.1 Å². The number of rotatable bonds is 10. The molecule has 4 atom stereocenters. The molecule has 6 nitrogen and oxygen atoms in total. The van der Waals surface area contributed by atoms with Gasteiger partial charge in [-0.25, -0.2) is 0 Å². The third-order valence-electron chi connectivity index (χ3n) is 4.44. The Morgan fingerprint density at radius 1 is 1.05 bits per heavy atom. The van der Waals surface area contributed by atoms with Gasteiger partial charge in [-0.1, -0.05) is 26.7 Å². The van der Waals surface area contributed by atoms with Gasteiger partial charge in [0, 0.05) is 19.6 Å². The number of unbranched alkanes of at least 4 members (excludes halogenated alkanes) is 2. The summed E-state index contributed by atoms with van der Waals surface area (Å²) in [5.41, 5.74) is 0. The summed E-state index contributed by atoms with van der Waals surface area (Å²) >= 11 is 0. The second kappa shape index (κ2) is 10.3. The number of β-amino-alcohol motifs (C(OH)–C–C–N with tert-alkyl or cyclic N) is 1. The van der Waals surface area contributed by atoms with Gasteiger partial charge in [-0.15, -0.1) is 0 Å². The van der Waals surface area contributed by atoms with Gasteiger partial charge in [0.15, 0.2) is 0 Å². The van der Waals surface area contributed by atoms with Crippen molar-refractivity contribution in [1.29, 1.82) is 0 Å². The van der Waals surface area contributed by atoms with Crippen LogP contribution < -0.4 is 0 Å². The van der Waals surface area contributed by atoms with E-state index in [1.165, 1.54) is 0 Å². The number of piperidine rings is 1. The van der Waals surface area contributed by atoms with Crippen molar-refractivity contribution in [3.8, 4) is 0 Å². The summed E-state index contributed by atoms with van der Waals surface area (Å²) < 4.78 is 0. The molecule has 0 aromatic rings. The Bertz CT molecular complexity index is 309. The van der Waals surface area contributed by atoms with E-state index in [0.29, 0.717) is 12.8 Å². The fraction of sp³-hybridized carbons (Fsp3) is 0.938. The fourth-order valence-electron chi connectivity index (χ4n) is 2.89. The van der Waals surface area contributed by atoms with Crippen molar-refractivity contribution < 1.29 is 20.1 Å².